The molecule has 0 unspecified atom stereocenters. The van der Waals surface area contributed by atoms with Crippen LogP contribution in [0.1, 0.15) is 12.8 Å². The molecule has 0 N–H and O–H groups in total. The standard InChI is InChI=1S/C17H18N6O/c1-2-4-14-13(3-1)18-11-15(19-14)16-20-21-17(24-16)23-10-9-22-7-5-12(23)6-8-22/h1-4,11-12H,5-10H2. The first-order valence-electron chi connectivity index (χ1n) is 8.41. The second-order valence-corrected chi connectivity index (χ2v) is 6.40. The summed E-state index contributed by atoms with van der Waals surface area (Å²) in [5.74, 6) is 0.433. The van der Waals surface area contributed by atoms with E-state index in [4.69, 9.17) is 4.42 Å². The first kappa shape index (κ1) is 13.9. The quantitative estimate of drug-likeness (QED) is 0.714. The highest BCUT2D eigenvalue weighted by molar-refractivity contribution is 5.75. The van der Waals surface area contributed by atoms with E-state index in [0.29, 0.717) is 23.6 Å². The van der Waals surface area contributed by atoms with Crippen molar-refractivity contribution in [2.75, 3.05) is 31.1 Å². The molecule has 0 amide bonds. The molecule has 0 aliphatic carbocycles. The SMILES string of the molecule is c1ccc2nc(-c3nnc(N4CCN5CCC4CC5)o3)cnc2c1. The highest BCUT2D eigenvalue weighted by Gasteiger charge is 2.32. The van der Waals surface area contributed by atoms with Crippen LogP contribution in [0, 0.1) is 0 Å². The second-order valence-electron chi connectivity index (χ2n) is 6.40. The van der Waals surface area contributed by atoms with Gasteiger partial charge < -0.3 is 14.2 Å². The molecule has 0 radical (unpaired) electrons. The summed E-state index contributed by atoms with van der Waals surface area (Å²) in [6, 6.07) is 8.88. The van der Waals surface area contributed by atoms with Crippen LogP contribution in [0.5, 0.6) is 0 Å². The molecule has 24 heavy (non-hydrogen) atoms. The summed E-state index contributed by atoms with van der Waals surface area (Å²) in [4.78, 5) is 13.8. The summed E-state index contributed by atoms with van der Waals surface area (Å²) in [6.07, 6.45) is 4.01. The maximum absolute atomic E-state index is 5.95. The van der Waals surface area contributed by atoms with Gasteiger partial charge >= 0.3 is 6.01 Å². The first-order valence-corrected chi connectivity index (χ1v) is 8.41. The zero-order valence-electron chi connectivity index (χ0n) is 13.3. The lowest BCUT2D eigenvalue weighted by molar-refractivity contribution is 0.249. The molecule has 3 saturated heterocycles. The van der Waals surface area contributed by atoms with Crippen LogP contribution < -0.4 is 4.90 Å². The van der Waals surface area contributed by atoms with Crippen molar-refractivity contribution in [3.05, 3.63) is 30.5 Å². The largest absolute Gasteiger partial charge is 0.401 e. The number of para-hydroxylation sites is 2. The molecule has 2 aromatic heterocycles. The summed E-state index contributed by atoms with van der Waals surface area (Å²) in [6.45, 7) is 4.33. The molecule has 0 spiro atoms. The van der Waals surface area contributed by atoms with E-state index in [1.54, 1.807) is 6.20 Å². The third kappa shape index (κ3) is 2.32. The average molecular weight is 322 g/mol. The number of piperidine rings is 1. The molecular formula is C17H18N6O. The van der Waals surface area contributed by atoms with Crippen LogP contribution in [0.3, 0.4) is 0 Å². The Morgan fingerprint density at radius 2 is 1.79 bits per heavy atom. The zero-order chi connectivity index (χ0) is 15.9. The van der Waals surface area contributed by atoms with Crippen molar-refractivity contribution in [2.24, 2.45) is 0 Å². The Hall–Kier alpha value is -2.54. The molecular weight excluding hydrogens is 304 g/mol. The minimum atomic E-state index is 0.433. The molecule has 6 rings (SSSR count). The Morgan fingerprint density at radius 3 is 2.67 bits per heavy atom. The van der Waals surface area contributed by atoms with Crippen molar-refractivity contribution in [3.63, 3.8) is 0 Å². The summed E-state index contributed by atoms with van der Waals surface area (Å²) in [7, 11) is 0. The molecule has 3 aliphatic heterocycles. The van der Waals surface area contributed by atoms with E-state index in [1.807, 2.05) is 24.3 Å². The van der Waals surface area contributed by atoms with Gasteiger partial charge in [-0.25, -0.2) is 4.98 Å². The van der Waals surface area contributed by atoms with Crippen LogP contribution in [0.25, 0.3) is 22.6 Å². The van der Waals surface area contributed by atoms with Gasteiger partial charge in [-0.15, -0.1) is 5.10 Å². The second kappa shape index (κ2) is 5.52. The van der Waals surface area contributed by atoms with Gasteiger partial charge in [0, 0.05) is 32.2 Å². The van der Waals surface area contributed by atoms with E-state index >= 15 is 0 Å². The van der Waals surface area contributed by atoms with Crippen LogP contribution in [0.2, 0.25) is 0 Å². The van der Waals surface area contributed by atoms with Gasteiger partial charge in [0.05, 0.1) is 17.2 Å². The van der Waals surface area contributed by atoms with E-state index in [1.165, 1.54) is 0 Å². The van der Waals surface area contributed by atoms with Gasteiger partial charge in [-0.05, 0) is 25.0 Å². The first-order chi connectivity index (χ1) is 11.9. The van der Waals surface area contributed by atoms with Crippen molar-refractivity contribution >= 4 is 17.0 Å². The lowest BCUT2D eigenvalue weighted by Gasteiger charge is -2.29. The maximum atomic E-state index is 5.95. The topological polar surface area (TPSA) is 71.2 Å². The Labute approximate surface area is 139 Å². The number of fused-ring (bicyclic) bond motifs is 5. The van der Waals surface area contributed by atoms with Crippen LogP contribution in [0.15, 0.2) is 34.9 Å². The van der Waals surface area contributed by atoms with Gasteiger partial charge in [0.2, 0.25) is 0 Å². The number of rotatable bonds is 2. The molecule has 2 bridgehead atoms. The van der Waals surface area contributed by atoms with E-state index in [-0.39, 0.29) is 0 Å². The molecule has 3 aromatic rings. The Kier molecular flexibility index (Phi) is 3.19. The maximum Gasteiger partial charge on any atom is 0.318 e. The van der Waals surface area contributed by atoms with Gasteiger partial charge in [0.15, 0.2) is 0 Å². The van der Waals surface area contributed by atoms with Crippen LogP contribution in [-0.4, -0.2) is 57.3 Å². The summed E-state index contributed by atoms with van der Waals surface area (Å²) >= 11 is 0. The Balaban J connectivity index is 1.47. The van der Waals surface area contributed by atoms with E-state index in [0.717, 1.165) is 50.1 Å². The molecule has 0 atom stereocenters. The van der Waals surface area contributed by atoms with Crippen molar-refractivity contribution in [1.82, 2.24) is 25.1 Å². The van der Waals surface area contributed by atoms with Gasteiger partial charge in [0.25, 0.3) is 5.89 Å². The summed E-state index contributed by atoms with van der Waals surface area (Å²) in [5.41, 5.74) is 2.31. The lowest BCUT2D eigenvalue weighted by atomic mass is 10.1. The third-order valence-corrected chi connectivity index (χ3v) is 4.98. The van der Waals surface area contributed by atoms with Gasteiger partial charge in [0.1, 0.15) is 5.69 Å². The van der Waals surface area contributed by atoms with Crippen LogP contribution in [-0.2, 0) is 0 Å². The molecule has 7 nitrogen and oxygen atoms in total. The van der Waals surface area contributed by atoms with Crippen molar-refractivity contribution in [2.45, 2.75) is 18.9 Å². The number of anilines is 1. The number of aromatic nitrogens is 4. The number of hydrogen-bond donors (Lipinski definition) is 0. The Morgan fingerprint density at radius 1 is 0.958 bits per heavy atom. The predicted molar refractivity (Wildman–Crippen MR) is 89.6 cm³/mol. The fraction of sp³-hybridized carbons (Fsp3) is 0.412. The number of benzene rings is 1. The summed E-state index contributed by atoms with van der Waals surface area (Å²) < 4.78 is 5.95. The van der Waals surface area contributed by atoms with Gasteiger partial charge in [-0.2, -0.15) is 0 Å². The molecule has 5 heterocycles. The van der Waals surface area contributed by atoms with E-state index in [2.05, 4.69) is 30.0 Å². The normalized spacial score (nSPS) is 23.6. The average Bonchev–Trinajstić information content (AvgIpc) is 2.94. The monoisotopic (exact) mass is 322 g/mol. The minimum Gasteiger partial charge on any atom is -0.401 e. The smallest absolute Gasteiger partial charge is 0.318 e. The highest BCUT2D eigenvalue weighted by Crippen LogP contribution is 2.28. The molecule has 1 aromatic carbocycles. The van der Waals surface area contributed by atoms with E-state index < -0.39 is 0 Å². The van der Waals surface area contributed by atoms with Gasteiger partial charge in [-0.3, -0.25) is 4.98 Å². The predicted octanol–water partition coefficient (Wildman–Crippen LogP) is 1.96. The lowest BCUT2D eigenvalue weighted by Crippen LogP contribution is -2.38. The van der Waals surface area contributed by atoms with E-state index in [9.17, 15) is 0 Å². The van der Waals surface area contributed by atoms with Crippen LogP contribution >= 0.6 is 0 Å². The number of hydrogen-bond acceptors (Lipinski definition) is 7. The summed E-state index contributed by atoms with van der Waals surface area (Å²) in [5, 5.41) is 8.48. The van der Waals surface area contributed by atoms with Crippen molar-refractivity contribution < 1.29 is 4.42 Å². The van der Waals surface area contributed by atoms with Crippen LogP contribution in [0.4, 0.5) is 6.01 Å². The highest BCUT2D eigenvalue weighted by atomic mass is 16.4. The zero-order valence-corrected chi connectivity index (χ0v) is 13.3. The van der Waals surface area contributed by atoms with Crippen molar-refractivity contribution in [1.29, 1.82) is 0 Å². The third-order valence-electron chi connectivity index (χ3n) is 4.98. The number of nitrogens with zero attached hydrogens (tertiary/aromatic N) is 6. The van der Waals surface area contributed by atoms with Crippen molar-refractivity contribution in [3.8, 4) is 11.6 Å². The Bertz CT molecular complexity index is 870. The fourth-order valence-corrected chi connectivity index (χ4v) is 3.63. The molecule has 0 saturated carbocycles. The minimum absolute atomic E-state index is 0.433. The fourth-order valence-electron chi connectivity index (χ4n) is 3.63. The molecule has 3 aliphatic rings. The molecule has 3 fully saturated rings. The van der Waals surface area contributed by atoms with Gasteiger partial charge in [-0.1, -0.05) is 17.2 Å². The molecule has 7 heteroatoms. The molecule has 122 valence electrons.